The Bertz CT molecular complexity index is 1230. The zero-order valence-electron chi connectivity index (χ0n) is 15.4. The number of rotatable bonds is 3. The fourth-order valence-electron chi connectivity index (χ4n) is 3.59. The maximum absolute atomic E-state index is 12.8. The van der Waals surface area contributed by atoms with Crippen LogP contribution >= 0.6 is 0 Å². The standard InChI is InChI=1S/C25H16N2O2/c28-24-19-13-7-8-14-20(19)25(29)21(24)15-23-22(17-9-3-1-4-10-17)16-27(26-23)18-11-5-2-6-12-18/h1-16H. The van der Waals surface area contributed by atoms with Gasteiger partial charge in [-0.1, -0.05) is 72.8 Å². The van der Waals surface area contributed by atoms with Crippen molar-refractivity contribution in [1.29, 1.82) is 0 Å². The molecule has 0 radical (unpaired) electrons. The van der Waals surface area contributed by atoms with E-state index in [9.17, 15) is 9.59 Å². The Balaban J connectivity index is 1.67. The van der Waals surface area contributed by atoms with Gasteiger partial charge < -0.3 is 0 Å². The van der Waals surface area contributed by atoms with Gasteiger partial charge in [0.15, 0.2) is 11.6 Å². The number of carbonyl (C=O) groups excluding carboxylic acids is 2. The summed E-state index contributed by atoms with van der Waals surface area (Å²) in [5, 5.41) is 4.69. The zero-order chi connectivity index (χ0) is 19.8. The quantitative estimate of drug-likeness (QED) is 0.373. The number of fused-ring (bicyclic) bond motifs is 1. The SMILES string of the molecule is O=C1C(=Cc2nn(-c3ccccc3)cc2-c2ccccc2)C(=O)c2ccccc21. The molecule has 0 spiro atoms. The number of benzene rings is 3. The predicted molar refractivity (Wildman–Crippen MR) is 112 cm³/mol. The average Bonchev–Trinajstić information content (AvgIpc) is 3.31. The van der Waals surface area contributed by atoms with E-state index >= 15 is 0 Å². The molecule has 4 heteroatoms. The molecule has 0 saturated carbocycles. The monoisotopic (exact) mass is 376 g/mol. The second kappa shape index (κ2) is 6.84. The van der Waals surface area contributed by atoms with Gasteiger partial charge in [0.05, 0.1) is 17.0 Å². The molecule has 0 fully saturated rings. The lowest BCUT2D eigenvalue weighted by atomic mass is 10.0. The Morgan fingerprint density at radius 2 is 1.21 bits per heavy atom. The highest BCUT2D eigenvalue weighted by molar-refractivity contribution is 6.41. The van der Waals surface area contributed by atoms with Crippen LogP contribution in [-0.4, -0.2) is 21.3 Å². The van der Waals surface area contributed by atoms with Crippen LogP contribution in [0.4, 0.5) is 0 Å². The van der Waals surface area contributed by atoms with Crippen molar-refractivity contribution in [2.45, 2.75) is 0 Å². The molecule has 0 aliphatic heterocycles. The number of allylic oxidation sites excluding steroid dienone is 1. The molecule has 0 N–H and O–H groups in total. The summed E-state index contributed by atoms with van der Waals surface area (Å²) in [5.41, 5.74) is 4.38. The smallest absolute Gasteiger partial charge is 0.197 e. The summed E-state index contributed by atoms with van der Waals surface area (Å²) in [5.74, 6) is -0.502. The highest BCUT2D eigenvalue weighted by atomic mass is 16.2. The lowest BCUT2D eigenvalue weighted by molar-refractivity contribution is 0.0990. The molecule has 0 amide bonds. The molecule has 4 nitrogen and oxygen atoms in total. The largest absolute Gasteiger partial charge is 0.288 e. The van der Waals surface area contributed by atoms with Gasteiger partial charge in [0.1, 0.15) is 0 Å². The lowest BCUT2D eigenvalue weighted by Gasteiger charge is -1.99. The van der Waals surface area contributed by atoms with Crippen molar-refractivity contribution in [3.63, 3.8) is 0 Å². The van der Waals surface area contributed by atoms with Crippen LogP contribution in [0.1, 0.15) is 26.4 Å². The summed E-state index contributed by atoms with van der Waals surface area (Å²) >= 11 is 0. The van der Waals surface area contributed by atoms with E-state index in [1.54, 1.807) is 35.0 Å². The molecular weight excluding hydrogens is 360 g/mol. The number of carbonyl (C=O) groups is 2. The van der Waals surface area contributed by atoms with Gasteiger partial charge in [-0.25, -0.2) is 4.68 Å². The molecular formula is C25H16N2O2. The van der Waals surface area contributed by atoms with E-state index in [-0.39, 0.29) is 17.1 Å². The van der Waals surface area contributed by atoms with Gasteiger partial charge >= 0.3 is 0 Å². The maximum atomic E-state index is 12.8. The van der Waals surface area contributed by atoms with Crippen LogP contribution in [0.3, 0.4) is 0 Å². The van der Waals surface area contributed by atoms with Crippen molar-refractivity contribution in [1.82, 2.24) is 9.78 Å². The lowest BCUT2D eigenvalue weighted by Crippen LogP contribution is -2.01. The highest BCUT2D eigenvalue weighted by Gasteiger charge is 2.33. The van der Waals surface area contributed by atoms with Gasteiger partial charge in [-0.3, -0.25) is 9.59 Å². The molecule has 1 heterocycles. The molecule has 1 aliphatic carbocycles. The minimum Gasteiger partial charge on any atom is -0.288 e. The summed E-state index contributed by atoms with van der Waals surface area (Å²) < 4.78 is 1.77. The molecule has 0 unspecified atom stereocenters. The van der Waals surface area contributed by atoms with Crippen LogP contribution in [0.25, 0.3) is 22.9 Å². The Hall–Kier alpha value is -4.05. The molecule has 0 saturated heterocycles. The average molecular weight is 376 g/mol. The van der Waals surface area contributed by atoms with Crippen LogP contribution < -0.4 is 0 Å². The number of ketones is 2. The van der Waals surface area contributed by atoms with E-state index in [4.69, 9.17) is 0 Å². The van der Waals surface area contributed by atoms with E-state index in [1.165, 1.54) is 0 Å². The van der Waals surface area contributed by atoms with Crippen molar-refractivity contribution in [3.8, 4) is 16.8 Å². The van der Waals surface area contributed by atoms with E-state index in [2.05, 4.69) is 5.10 Å². The first-order chi connectivity index (χ1) is 14.2. The third-order valence-electron chi connectivity index (χ3n) is 5.03. The first-order valence-electron chi connectivity index (χ1n) is 9.33. The Morgan fingerprint density at radius 1 is 0.655 bits per heavy atom. The Kier molecular flexibility index (Phi) is 4.03. The Morgan fingerprint density at radius 3 is 1.83 bits per heavy atom. The molecule has 0 bridgehead atoms. The van der Waals surface area contributed by atoms with Crippen LogP contribution in [0.5, 0.6) is 0 Å². The minimum absolute atomic E-state index is 0.154. The van der Waals surface area contributed by atoms with Gasteiger partial charge in [-0.15, -0.1) is 0 Å². The van der Waals surface area contributed by atoms with E-state index in [0.717, 1.165) is 16.8 Å². The first kappa shape index (κ1) is 17.1. The van der Waals surface area contributed by atoms with Crippen molar-refractivity contribution >= 4 is 17.6 Å². The number of nitrogens with zero attached hydrogens (tertiary/aromatic N) is 2. The van der Waals surface area contributed by atoms with Gasteiger partial charge in [0, 0.05) is 22.9 Å². The summed E-state index contributed by atoms with van der Waals surface area (Å²) in [4.78, 5) is 25.6. The van der Waals surface area contributed by atoms with Gasteiger partial charge in [-0.2, -0.15) is 5.10 Å². The normalized spacial score (nSPS) is 12.9. The van der Waals surface area contributed by atoms with Crippen molar-refractivity contribution in [2.75, 3.05) is 0 Å². The van der Waals surface area contributed by atoms with Crippen molar-refractivity contribution in [3.05, 3.63) is 114 Å². The molecule has 138 valence electrons. The number of hydrogen-bond donors (Lipinski definition) is 0. The zero-order valence-corrected chi connectivity index (χ0v) is 15.4. The van der Waals surface area contributed by atoms with Crippen molar-refractivity contribution < 1.29 is 9.59 Å². The summed E-state index contributed by atoms with van der Waals surface area (Å²) in [6.07, 6.45) is 3.54. The third kappa shape index (κ3) is 2.91. The second-order valence-corrected chi connectivity index (χ2v) is 6.84. The van der Waals surface area contributed by atoms with E-state index < -0.39 is 0 Å². The molecule has 0 atom stereocenters. The van der Waals surface area contributed by atoms with Gasteiger partial charge in [-0.05, 0) is 23.8 Å². The van der Waals surface area contributed by atoms with Crippen LogP contribution in [0.15, 0.2) is 96.7 Å². The number of hydrogen-bond acceptors (Lipinski definition) is 3. The predicted octanol–water partition coefficient (Wildman–Crippen LogP) is 5.00. The second-order valence-electron chi connectivity index (χ2n) is 6.84. The molecule has 1 aromatic heterocycles. The van der Waals surface area contributed by atoms with Crippen molar-refractivity contribution in [2.24, 2.45) is 0 Å². The van der Waals surface area contributed by atoms with E-state index in [0.29, 0.717) is 16.8 Å². The maximum Gasteiger partial charge on any atom is 0.197 e. The molecule has 3 aromatic carbocycles. The number of Topliss-reactive ketones (excluding diaryl/α,β-unsaturated/α-hetero) is 2. The van der Waals surface area contributed by atoms with Gasteiger partial charge in [0.2, 0.25) is 0 Å². The summed E-state index contributed by atoms with van der Waals surface area (Å²) in [7, 11) is 0. The molecule has 29 heavy (non-hydrogen) atoms. The Labute approximate surface area is 167 Å². The highest BCUT2D eigenvalue weighted by Crippen LogP contribution is 2.31. The van der Waals surface area contributed by atoms with E-state index in [1.807, 2.05) is 66.9 Å². The van der Waals surface area contributed by atoms with Crippen LogP contribution in [0, 0.1) is 0 Å². The fourth-order valence-corrected chi connectivity index (χ4v) is 3.59. The van der Waals surface area contributed by atoms with Gasteiger partial charge in [0.25, 0.3) is 0 Å². The molecule has 1 aliphatic rings. The van der Waals surface area contributed by atoms with Crippen LogP contribution in [0.2, 0.25) is 0 Å². The molecule has 5 rings (SSSR count). The number of aromatic nitrogens is 2. The summed E-state index contributed by atoms with van der Waals surface area (Å²) in [6, 6.07) is 26.5. The first-order valence-corrected chi connectivity index (χ1v) is 9.33. The minimum atomic E-state index is -0.251. The summed E-state index contributed by atoms with van der Waals surface area (Å²) in [6.45, 7) is 0. The van der Waals surface area contributed by atoms with Crippen LogP contribution in [-0.2, 0) is 0 Å². The fraction of sp³-hybridized carbons (Fsp3) is 0. The molecule has 4 aromatic rings. The third-order valence-corrected chi connectivity index (χ3v) is 5.03. The number of para-hydroxylation sites is 1. The topological polar surface area (TPSA) is 52.0 Å².